The summed E-state index contributed by atoms with van der Waals surface area (Å²) in [5.74, 6) is 0.439. The van der Waals surface area contributed by atoms with Crippen molar-refractivity contribution in [2.45, 2.75) is 27.2 Å². The number of hydrogen-bond donors (Lipinski definition) is 1. The molecule has 30 heavy (non-hydrogen) atoms. The number of aryl methyl sites for hydroxylation is 3. The van der Waals surface area contributed by atoms with E-state index in [1.165, 1.54) is 5.56 Å². The minimum Gasteiger partial charge on any atom is -0.319 e. The Labute approximate surface area is 176 Å². The predicted octanol–water partition coefficient (Wildman–Crippen LogP) is 5.37. The van der Waals surface area contributed by atoms with Crippen LogP contribution in [0.5, 0.6) is 0 Å². The maximum atomic E-state index is 12.9. The maximum Gasteiger partial charge on any atom is 0.295 e. The summed E-state index contributed by atoms with van der Waals surface area (Å²) >= 11 is 0. The van der Waals surface area contributed by atoms with E-state index in [-0.39, 0.29) is 11.7 Å². The Balaban J connectivity index is 1.74. The average Bonchev–Trinajstić information content (AvgIpc) is 3.20. The minimum atomic E-state index is -0.333. The van der Waals surface area contributed by atoms with E-state index in [4.69, 9.17) is 0 Å². The second-order valence-corrected chi connectivity index (χ2v) is 7.33. The number of hydrogen-bond acceptors (Lipinski definition) is 3. The van der Waals surface area contributed by atoms with Gasteiger partial charge in [-0.1, -0.05) is 61.0 Å². The number of nitrogens with one attached hydrogen (secondary N) is 1. The molecule has 1 aromatic heterocycles. The topological polar surface area (TPSA) is 59.8 Å². The number of carbonyl (C=O) groups is 1. The summed E-state index contributed by atoms with van der Waals surface area (Å²) in [4.78, 5) is 17.5. The maximum absolute atomic E-state index is 12.9. The first-order chi connectivity index (χ1) is 14.5. The van der Waals surface area contributed by atoms with Crippen LogP contribution in [0.25, 0.3) is 17.1 Å². The van der Waals surface area contributed by atoms with Crippen LogP contribution in [-0.4, -0.2) is 20.7 Å². The molecule has 4 rings (SSSR count). The zero-order chi connectivity index (χ0) is 21.1. The van der Waals surface area contributed by atoms with Crippen molar-refractivity contribution in [3.8, 4) is 17.1 Å². The molecule has 0 aliphatic rings. The fraction of sp³-hybridized carbons (Fsp3) is 0.160. The van der Waals surface area contributed by atoms with E-state index in [0.717, 1.165) is 34.5 Å². The first kappa shape index (κ1) is 19.6. The van der Waals surface area contributed by atoms with Gasteiger partial charge < -0.3 is 5.32 Å². The Bertz CT molecular complexity index is 1190. The van der Waals surface area contributed by atoms with Crippen molar-refractivity contribution >= 4 is 11.6 Å². The van der Waals surface area contributed by atoms with Crippen molar-refractivity contribution in [2.75, 3.05) is 5.32 Å². The monoisotopic (exact) mass is 396 g/mol. The van der Waals surface area contributed by atoms with E-state index < -0.39 is 0 Å². The minimum absolute atomic E-state index is 0.134. The molecule has 1 amide bonds. The van der Waals surface area contributed by atoms with Crippen molar-refractivity contribution in [2.24, 2.45) is 0 Å². The van der Waals surface area contributed by atoms with Crippen LogP contribution in [-0.2, 0) is 6.42 Å². The van der Waals surface area contributed by atoms with Crippen LogP contribution in [0.4, 0.5) is 5.69 Å². The van der Waals surface area contributed by atoms with Crippen LogP contribution in [0.15, 0.2) is 72.8 Å². The van der Waals surface area contributed by atoms with Gasteiger partial charge in [0.15, 0.2) is 5.82 Å². The van der Waals surface area contributed by atoms with Gasteiger partial charge in [0.1, 0.15) is 0 Å². The van der Waals surface area contributed by atoms with Gasteiger partial charge in [0, 0.05) is 11.3 Å². The number of rotatable bonds is 5. The average molecular weight is 396 g/mol. The lowest BCUT2D eigenvalue weighted by Crippen LogP contribution is -2.14. The molecule has 4 aromatic rings. The second-order valence-electron chi connectivity index (χ2n) is 7.33. The molecule has 0 unspecified atom stereocenters. The number of amides is 1. The van der Waals surface area contributed by atoms with Gasteiger partial charge in [-0.25, -0.2) is 9.67 Å². The van der Waals surface area contributed by atoms with Gasteiger partial charge in [-0.05, 0) is 55.7 Å². The summed E-state index contributed by atoms with van der Waals surface area (Å²) in [5.41, 5.74) is 5.93. The lowest BCUT2D eigenvalue weighted by Gasteiger charge is -2.09. The van der Waals surface area contributed by atoms with E-state index in [9.17, 15) is 4.79 Å². The molecule has 0 bridgehead atoms. The SMILES string of the molecule is CCc1ccc(NC(=O)c2nc(-c3cccc(C)c3)n(-c3ccccc3C)n2)cc1. The van der Waals surface area contributed by atoms with Crippen molar-refractivity contribution in [1.82, 2.24) is 14.8 Å². The quantitative estimate of drug-likeness (QED) is 0.494. The van der Waals surface area contributed by atoms with Crippen LogP contribution in [0.1, 0.15) is 34.2 Å². The number of para-hydroxylation sites is 1. The third kappa shape index (κ3) is 4.01. The Kier molecular flexibility index (Phi) is 5.44. The van der Waals surface area contributed by atoms with E-state index in [2.05, 4.69) is 22.3 Å². The number of carbonyl (C=O) groups excluding carboxylic acids is 1. The Morgan fingerprint density at radius 2 is 1.73 bits per heavy atom. The number of aromatic nitrogens is 3. The normalized spacial score (nSPS) is 10.8. The molecule has 5 heteroatoms. The molecule has 1 heterocycles. The molecule has 3 aromatic carbocycles. The second kappa shape index (κ2) is 8.33. The predicted molar refractivity (Wildman–Crippen MR) is 120 cm³/mol. The standard InChI is InChI=1S/C25H24N4O/c1-4-19-12-14-21(15-13-19)26-25(30)23-27-24(20-10-7-8-17(2)16-20)29(28-23)22-11-6-5-9-18(22)3/h5-16H,4H2,1-3H3,(H,26,30). The number of benzene rings is 3. The molecular weight excluding hydrogens is 372 g/mol. The number of nitrogens with zero attached hydrogens (tertiary/aromatic N) is 3. The summed E-state index contributed by atoms with van der Waals surface area (Å²) in [6, 6.07) is 23.8. The van der Waals surface area contributed by atoms with E-state index in [1.807, 2.05) is 86.6 Å². The lowest BCUT2D eigenvalue weighted by molar-refractivity contribution is 0.101. The highest BCUT2D eigenvalue weighted by atomic mass is 16.2. The Hall–Kier alpha value is -3.73. The highest BCUT2D eigenvalue weighted by Crippen LogP contribution is 2.24. The smallest absolute Gasteiger partial charge is 0.295 e. The third-order valence-corrected chi connectivity index (χ3v) is 5.05. The van der Waals surface area contributed by atoms with Crippen LogP contribution in [0.2, 0.25) is 0 Å². The molecule has 150 valence electrons. The fourth-order valence-corrected chi connectivity index (χ4v) is 3.36. The van der Waals surface area contributed by atoms with Gasteiger partial charge in [0.2, 0.25) is 5.82 Å². The van der Waals surface area contributed by atoms with Crippen molar-refractivity contribution in [3.05, 3.63) is 95.3 Å². The van der Waals surface area contributed by atoms with Crippen molar-refractivity contribution < 1.29 is 4.79 Å². The van der Waals surface area contributed by atoms with Crippen molar-refractivity contribution in [3.63, 3.8) is 0 Å². The van der Waals surface area contributed by atoms with Gasteiger partial charge in [-0.3, -0.25) is 4.79 Å². The molecule has 1 N–H and O–H groups in total. The summed E-state index contributed by atoms with van der Waals surface area (Å²) in [6.45, 7) is 6.15. The van der Waals surface area contributed by atoms with Crippen molar-refractivity contribution in [1.29, 1.82) is 0 Å². The molecule has 5 nitrogen and oxygen atoms in total. The summed E-state index contributed by atoms with van der Waals surface area (Å²) in [6.07, 6.45) is 0.955. The summed E-state index contributed by atoms with van der Waals surface area (Å²) in [7, 11) is 0. The fourth-order valence-electron chi connectivity index (χ4n) is 3.36. The van der Waals surface area contributed by atoms with E-state index in [1.54, 1.807) is 4.68 Å². The molecule has 0 spiro atoms. The van der Waals surface area contributed by atoms with Crippen LogP contribution in [0.3, 0.4) is 0 Å². The molecule has 0 saturated carbocycles. The van der Waals surface area contributed by atoms with Gasteiger partial charge in [-0.2, -0.15) is 0 Å². The summed E-state index contributed by atoms with van der Waals surface area (Å²) in [5, 5.41) is 7.47. The molecule has 0 atom stereocenters. The van der Waals surface area contributed by atoms with Gasteiger partial charge in [0.25, 0.3) is 5.91 Å². The first-order valence-electron chi connectivity index (χ1n) is 10.1. The molecule has 0 saturated heterocycles. The molecular formula is C25H24N4O. The number of anilines is 1. The highest BCUT2D eigenvalue weighted by Gasteiger charge is 2.20. The molecule has 0 radical (unpaired) electrons. The van der Waals surface area contributed by atoms with Gasteiger partial charge in [0.05, 0.1) is 5.69 Å². The highest BCUT2D eigenvalue weighted by molar-refractivity contribution is 6.01. The Morgan fingerprint density at radius 3 is 2.43 bits per heavy atom. The van der Waals surface area contributed by atoms with Gasteiger partial charge in [-0.15, -0.1) is 5.10 Å². The van der Waals surface area contributed by atoms with E-state index in [0.29, 0.717) is 5.82 Å². The molecule has 0 aliphatic carbocycles. The largest absolute Gasteiger partial charge is 0.319 e. The molecule has 0 fully saturated rings. The third-order valence-electron chi connectivity index (χ3n) is 5.05. The molecule has 0 aliphatic heterocycles. The zero-order valence-electron chi connectivity index (χ0n) is 17.4. The summed E-state index contributed by atoms with van der Waals surface area (Å²) < 4.78 is 1.75. The lowest BCUT2D eigenvalue weighted by atomic mass is 10.1. The van der Waals surface area contributed by atoms with Crippen LogP contribution < -0.4 is 5.32 Å². The zero-order valence-corrected chi connectivity index (χ0v) is 17.4. The van der Waals surface area contributed by atoms with Crippen LogP contribution in [0, 0.1) is 13.8 Å². The van der Waals surface area contributed by atoms with E-state index >= 15 is 0 Å². The van der Waals surface area contributed by atoms with Crippen LogP contribution >= 0.6 is 0 Å². The van der Waals surface area contributed by atoms with Gasteiger partial charge >= 0.3 is 0 Å². The first-order valence-corrected chi connectivity index (χ1v) is 10.1. The Morgan fingerprint density at radius 1 is 0.967 bits per heavy atom.